The number of amides is 1. The number of hydrogen-bond donors (Lipinski definition) is 1. The third kappa shape index (κ3) is 5.97. The molecule has 1 atom stereocenters. The molecular formula is C27H30N2O4S. The summed E-state index contributed by atoms with van der Waals surface area (Å²) in [5.41, 5.74) is 4.17. The van der Waals surface area contributed by atoms with Gasteiger partial charge < -0.3 is 10.1 Å². The van der Waals surface area contributed by atoms with Crippen LogP contribution in [0.15, 0.2) is 72.8 Å². The van der Waals surface area contributed by atoms with Crippen LogP contribution in [-0.4, -0.2) is 27.1 Å². The molecule has 1 aliphatic rings. The van der Waals surface area contributed by atoms with Gasteiger partial charge in [-0.25, -0.2) is 8.42 Å². The van der Waals surface area contributed by atoms with Gasteiger partial charge in [0.05, 0.1) is 18.0 Å². The number of carbonyl (C=O) groups is 1. The molecule has 34 heavy (non-hydrogen) atoms. The van der Waals surface area contributed by atoms with Crippen LogP contribution in [0.5, 0.6) is 11.5 Å². The Bertz CT molecular complexity index is 1240. The van der Waals surface area contributed by atoms with Crippen LogP contribution in [0.4, 0.5) is 5.69 Å². The molecule has 7 heteroatoms. The smallest absolute Gasteiger partial charge is 0.241 e. The monoisotopic (exact) mass is 478 g/mol. The minimum Gasteiger partial charge on any atom is -0.457 e. The molecule has 0 aromatic heterocycles. The zero-order chi connectivity index (χ0) is 24.1. The number of benzene rings is 3. The molecule has 6 nitrogen and oxygen atoms in total. The van der Waals surface area contributed by atoms with Crippen LogP contribution in [0.3, 0.4) is 0 Å². The van der Waals surface area contributed by atoms with Gasteiger partial charge in [0, 0.05) is 0 Å². The Kier molecular flexibility index (Phi) is 7.22. The minimum atomic E-state index is -3.67. The lowest BCUT2D eigenvalue weighted by molar-refractivity contribution is -0.120. The quantitative estimate of drug-likeness (QED) is 0.494. The third-order valence-corrected chi connectivity index (χ3v) is 7.18. The van der Waals surface area contributed by atoms with E-state index >= 15 is 0 Å². The van der Waals surface area contributed by atoms with Crippen molar-refractivity contribution in [3.8, 4) is 11.5 Å². The lowest BCUT2D eigenvalue weighted by atomic mass is 9.89. The fourth-order valence-electron chi connectivity index (χ4n) is 4.23. The second-order valence-electron chi connectivity index (χ2n) is 8.70. The number of sulfonamides is 1. The molecule has 0 aliphatic heterocycles. The SMILES string of the molecule is CC(NC(=O)CN(c1ccc(Oc2ccccc2)cc1)S(C)(=O)=O)c1ccc2c(c1)CCCC2. The van der Waals surface area contributed by atoms with Crippen molar-refractivity contribution in [1.82, 2.24) is 5.32 Å². The highest BCUT2D eigenvalue weighted by molar-refractivity contribution is 7.92. The first-order valence-corrected chi connectivity index (χ1v) is 13.4. The fourth-order valence-corrected chi connectivity index (χ4v) is 5.09. The molecule has 1 aliphatic carbocycles. The molecule has 4 rings (SSSR count). The number of para-hydroxylation sites is 1. The van der Waals surface area contributed by atoms with Gasteiger partial charge in [-0.05, 0) is 85.7 Å². The van der Waals surface area contributed by atoms with Crippen LogP contribution in [0.2, 0.25) is 0 Å². The Labute approximate surface area is 201 Å². The van der Waals surface area contributed by atoms with E-state index in [0.29, 0.717) is 17.2 Å². The van der Waals surface area contributed by atoms with Gasteiger partial charge in [-0.15, -0.1) is 0 Å². The van der Waals surface area contributed by atoms with E-state index in [9.17, 15) is 13.2 Å². The van der Waals surface area contributed by atoms with E-state index in [1.54, 1.807) is 24.3 Å². The molecule has 3 aromatic carbocycles. The Morgan fingerprint density at radius 2 is 1.59 bits per heavy atom. The maximum Gasteiger partial charge on any atom is 0.241 e. The second kappa shape index (κ2) is 10.3. The first-order valence-electron chi connectivity index (χ1n) is 11.5. The largest absolute Gasteiger partial charge is 0.457 e. The fraction of sp³-hybridized carbons (Fsp3) is 0.296. The van der Waals surface area contributed by atoms with E-state index in [2.05, 4.69) is 23.5 Å². The van der Waals surface area contributed by atoms with E-state index < -0.39 is 10.0 Å². The van der Waals surface area contributed by atoms with Gasteiger partial charge in [0.1, 0.15) is 18.0 Å². The molecule has 0 saturated heterocycles. The normalized spacial score (nSPS) is 14.1. The molecule has 0 bridgehead atoms. The van der Waals surface area contributed by atoms with Gasteiger partial charge in [0.15, 0.2) is 0 Å². The van der Waals surface area contributed by atoms with Crippen molar-refractivity contribution in [3.05, 3.63) is 89.5 Å². The number of rotatable bonds is 8. The molecule has 0 spiro atoms. The number of ether oxygens (including phenoxy) is 1. The van der Waals surface area contributed by atoms with Crippen molar-refractivity contribution in [2.45, 2.75) is 38.6 Å². The van der Waals surface area contributed by atoms with Gasteiger partial charge in [0.2, 0.25) is 15.9 Å². The Morgan fingerprint density at radius 3 is 2.26 bits per heavy atom. The van der Waals surface area contributed by atoms with E-state index in [1.807, 2.05) is 37.3 Å². The summed E-state index contributed by atoms with van der Waals surface area (Å²) in [6.07, 6.45) is 5.68. The molecule has 1 N–H and O–H groups in total. The van der Waals surface area contributed by atoms with Crippen molar-refractivity contribution in [1.29, 1.82) is 0 Å². The minimum absolute atomic E-state index is 0.220. The van der Waals surface area contributed by atoms with Crippen LogP contribution in [0.1, 0.15) is 42.5 Å². The number of nitrogens with zero attached hydrogens (tertiary/aromatic N) is 1. The number of nitrogens with one attached hydrogen (secondary N) is 1. The highest BCUT2D eigenvalue weighted by Crippen LogP contribution is 2.27. The molecule has 178 valence electrons. The lowest BCUT2D eigenvalue weighted by Gasteiger charge is -2.24. The van der Waals surface area contributed by atoms with E-state index in [4.69, 9.17) is 4.74 Å². The summed E-state index contributed by atoms with van der Waals surface area (Å²) in [5, 5.41) is 2.95. The molecule has 1 amide bonds. The first-order chi connectivity index (χ1) is 16.3. The van der Waals surface area contributed by atoms with E-state index in [1.165, 1.54) is 24.0 Å². The van der Waals surface area contributed by atoms with E-state index in [-0.39, 0.29) is 18.5 Å². The van der Waals surface area contributed by atoms with Gasteiger partial charge in [-0.1, -0.05) is 36.4 Å². The summed E-state index contributed by atoms with van der Waals surface area (Å²) < 4.78 is 31.8. The van der Waals surface area contributed by atoms with Crippen molar-refractivity contribution < 1.29 is 17.9 Å². The number of anilines is 1. The average Bonchev–Trinajstić information content (AvgIpc) is 2.83. The van der Waals surface area contributed by atoms with Crippen LogP contribution in [0, 0.1) is 0 Å². The highest BCUT2D eigenvalue weighted by atomic mass is 32.2. The Hall–Kier alpha value is -3.32. The van der Waals surface area contributed by atoms with Gasteiger partial charge >= 0.3 is 0 Å². The third-order valence-electron chi connectivity index (χ3n) is 6.04. The standard InChI is InChI=1S/C27H30N2O4S/c1-20(22-13-12-21-8-6-7-9-23(21)18-22)28-27(30)19-29(34(2,31)32)24-14-16-26(17-15-24)33-25-10-4-3-5-11-25/h3-5,10-18,20H,6-9,19H2,1-2H3,(H,28,30). The van der Waals surface area contributed by atoms with Crippen molar-refractivity contribution in [2.24, 2.45) is 0 Å². The number of hydrogen-bond acceptors (Lipinski definition) is 4. The van der Waals surface area contributed by atoms with Gasteiger partial charge in [-0.3, -0.25) is 9.10 Å². The molecule has 0 fully saturated rings. The number of fused-ring (bicyclic) bond motifs is 1. The Balaban J connectivity index is 1.43. The predicted molar refractivity (Wildman–Crippen MR) is 135 cm³/mol. The zero-order valence-corrected chi connectivity index (χ0v) is 20.3. The van der Waals surface area contributed by atoms with Crippen LogP contribution in [0.25, 0.3) is 0 Å². The summed E-state index contributed by atoms with van der Waals surface area (Å²) in [4.78, 5) is 12.8. The van der Waals surface area contributed by atoms with Crippen LogP contribution < -0.4 is 14.4 Å². The maximum absolute atomic E-state index is 12.8. The van der Waals surface area contributed by atoms with Crippen molar-refractivity contribution in [3.63, 3.8) is 0 Å². The van der Waals surface area contributed by atoms with Crippen molar-refractivity contribution in [2.75, 3.05) is 17.1 Å². The first kappa shape index (κ1) is 23.8. The molecular weight excluding hydrogens is 448 g/mol. The summed E-state index contributed by atoms with van der Waals surface area (Å²) in [5.74, 6) is 0.903. The number of aryl methyl sites for hydroxylation is 2. The average molecular weight is 479 g/mol. The van der Waals surface area contributed by atoms with Crippen molar-refractivity contribution >= 4 is 21.6 Å². The summed E-state index contributed by atoms with van der Waals surface area (Å²) >= 11 is 0. The number of carbonyl (C=O) groups excluding carboxylic acids is 1. The molecule has 3 aromatic rings. The molecule has 1 unspecified atom stereocenters. The zero-order valence-electron chi connectivity index (χ0n) is 19.5. The highest BCUT2D eigenvalue weighted by Gasteiger charge is 2.22. The molecule has 0 heterocycles. The lowest BCUT2D eigenvalue weighted by Crippen LogP contribution is -2.41. The summed E-state index contributed by atoms with van der Waals surface area (Å²) in [6, 6.07) is 22.1. The van der Waals surface area contributed by atoms with Gasteiger partial charge in [0.25, 0.3) is 0 Å². The van der Waals surface area contributed by atoms with Gasteiger partial charge in [-0.2, -0.15) is 0 Å². The van der Waals surface area contributed by atoms with Crippen LogP contribution in [-0.2, 0) is 27.7 Å². The predicted octanol–water partition coefficient (Wildman–Crippen LogP) is 5.00. The Morgan fingerprint density at radius 1 is 0.941 bits per heavy atom. The second-order valence-corrected chi connectivity index (χ2v) is 10.6. The summed E-state index contributed by atoms with van der Waals surface area (Å²) in [6.45, 7) is 1.62. The molecule has 0 saturated carbocycles. The topological polar surface area (TPSA) is 75.7 Å². The van der Waals surface area contributed by atoms with E-state index in [0.717, 1.165) is 29.0 Å². The molecule has 0 radical (unpaired) electrons. The van der Waals surface area contributed by atoms with Crippen LogP contribution >= 0.6 is 0 Å². The summed E-state index contributed by atoms with van der Waals surface area (Å²) in [7, 11) is -3.67. The maximum atomic E-state index is 12.8.